The second-order valence-electron chi connectivity index (χ2n) is 11.9. The number of hydrogen-bond acceptors (Lipinski definition) is 5. The Kier molecular flexibility index (Phi) is 11.9. The molecule has 1 heterocycles. The molecular formula is C39H43N3O2S. The molecule has 1 amide bonds. The van der Waals surface area contributed by atoms with Gasteiger partial charge in [-0.15, -0.1) is 11.3 Å². The predicted octanol–water partition coefficient (Wildman–Crippen LogP) is 8.72. The molecule has 0 unspecified atom stereocenters. The van der Waals surface area contributed by atoms with Crippen LogP contribution in [-0.4, -0.2) is 28.9 Å². The lowest BCUT2D eigenvalue weighted by atomic mass is 9.88. The van der Waals surface area contributed by atoms with Crippen LogP contribution in [0.5, 0.6) is 5.75 Å². The number of nitrogens with one attached hydrogen (secondary N) is 1. The highest BCUT2D eigenvalue weighted by atomic mass is 32.1. The van der Waals surface area contributed by atoms with Crippen LogP contribution in [0, 0.1) is 5.92 Å². The van der Waals surface area contributed by atoms with Gasteiger partial charge in [0, 0.05) is 24.4 Å². The first-order chi connectivity index (χ1) is 22.0. The maximum atomic E-state index is 12.7. The molecule has 0 fully saturated rings. The van der Waals surface area contributed by atoms with Crippen LogP contribution in [-0.2, 0) is 19.7 Å². The predicted molar refractivity (Wildman–Crippen MR) is 185 cm³/mol. The molecule has 5 nitrogen and oxygen atoms in total. The number of amides is 1. The third-order valence-corrected chi connectivity index (χ3v) is 8.70. The summed E-state index contributed by atoms with van der Waals surface area (Å²) in [7, 11) is 0. The number of hydrogen-bond donors (Lipinski definition) is 1. The van der Waals surface area contributed by atoms with Crippen LogP contribution >= 0.6 is 11.3 Å². The number of carbonyl (C=O) groups excluding carboxylic acids is 1. The van der Waals surface area contributed by atoms with Crippen LogP contribution in [0.15, 0.2) is 121 Å². The minimum atomic E-state index is -0.0935. The number of carbonyl (C=O) groups is 1. The zero-order chi connectivity index (χ0) is 31.3. The summed E-state index contributed by atoms with van der Waals surface area (Å²) in [6, 6.07) is 40.1. The van der Waals surface area contributed by atoms with Crippen molar-refractivity contribution < 1.29 is 9.53 Å². The van der Waals surface area contributed by atoms with Crippen LogP contribution < -0.4 is 10.1 Å². The van der Waals surface area contributed by atoms with Crippen LogP contribution in [0.2, 0.25) is 0 Å². The van der Waals surface area contributed by atoms with Gasteiger partial charge in [-0.3, -0.25) is 9.69 Å². The fourth-order valence-corrected chi connectivity index (χ4v) is 6.17. The highest BCUT2D eigenvalue weighted by Crippen LogP contribution is 2.29. The smallest absolute Gasteiger partial charge is 0.270 e. The fourth-order valence-electron chi connectivity index (χ4n) is 5.36. The molecule has 5 rings (SSSR count). The van der Waals surface area contributed by atoms with E-state index in [0.29, 0.717) is 31.3 Å². The summed E-state index contributed by atoms with van der Waals surface area (Å²) in [5.41, 5.74) is 5.50. The molecule has 45 heavy (non-hydrogen) atoms. The molecule has 0 radical (unpaired) electrons. The Bertz CT molecular complexity index is 1530. The van der Waals surface area contributed by atoms with Crippen molar-refractivity contribution in [2.75, 3.05) is 13.1 Å². The van der Waals surface area contributed by atoms with Crippen molar-refractivity contribution in [3.05, 3.63) is 154 Å². The molecule has 0 bridgehead atoms. The second kappa shape index (κ2) is 16.7. The van der Waals surface area contributed by atoms with Gasteiger partial charge in [-0.05, 0) is 59.7 Å². The van der Waals surface area contributed by atoms with Crippen molar-refractivity contribution in [2.45, 2.75) is 52.3 Å². The lowest BCUT2D eigenvalue weighted by molar-refractivity contribution is 0.0947. The lowest BCUT2D eigenvalue weighted by Gasteiger charge is -2.25. The van der Waals surface area contributed by atoms with Gasteiger partial charge >= 0.3 is 0 Å². The Labute approximate surface area is 271 Å². The van der Waals surface area contributed by atoms with E-state index in [1.807, 2.05) is 23.6 Å². The first kappa shape index (κ1) is 32.1. The normalized spacial score (nSPS) is 11.3. The Balaban J connectivity index is 1.29. The molecule has 0 aliphatic rings. The molecule has 1 N–H and O–H groups in total. The lowest BCUT2D eigenvalue weighted by Crippen LogP contribution is -2.27. The maximum absolute atomic E-state index is 12.7. The number of nitrogens with zero attached hydrogens (tertiary/aromatic N) is 2. The highest BCUT2D eigenvalue weighted by Gasteiger charge is 2.18. The molecule has 0 spiro atoms. The Hall–Kier alpha value is -4.26. The molecule has 5 aromatic rings. The molecule has 6 heteroatoms. The average molecular weight is 618 g/mol. The van der Waals surface area contributed by atoms with Gasteiger partial charge < -0.3 is 10.1 Å². The molecule has 4 aromatic carbocycles. The zero-order valence-electron chi connectivity index (χ0n) is 26.3. The van der Waals surface area contributed by atoms with E-state index < -0.39 is 0 Å². The Morgan fingerprint density at radius 2 is 1.40 bits per heavy atom. The van der Waals surface area contributed by atoms with Crippen LogP contribution in [0.3, 0.4) is 0 Å². The van der Waals surface area contributed by atoms with E-state index in [0.717, 1.165) is 42.3 Å². The summed E-state index contributed by atoms with van der Waals surface area (Å²) in [5.74, 6) is 1.59. The minimum absolute atomic E-state index is 0.0935. The van der Waals surface area contributed by atoms with E-state index in [1.165, 1.54) is 16.7 Å². The molecule has 0 saturated carbocycles. The number of rotatable bonds is 16. The van der Waals surface area contributed by atoms with Crippen LogP contribution in [0.4, 0.5) is 0 Å². The number of aromatic nitrogens is 1. The average Bonchev–Trinajstić information content (AvgIpc) is 3.54. The molecule has 0 aliphatic carbocycles. The monoisotopic (exact) mass is 617 g/mol. The zero-order valence-corrected chi connectivity index (χ0v) is 27.1. The number of benzene rings is 4. The quantitative estimate of drug-likeness (QED) is 0.120. The fraction of sp³-hybridized carbons (Fsp3) is 0.282. The van der Waals surface area contributed by atoms with Gasteiger partial charge in [0.1, 0.15) is 23.1 Å². The maximum Gasteiger partial charge on any atom is 0.270 e. The molecule has 232 valence electrons. The van der Waals surface area contributed by atoms with Gasteiger partial charge in [-0.2, -0.15) is 0 Å². The van der Waals surface area contributed by atoms with Crippen LogP contribution in [0.1, 0.15) is 70.4 Å². The molecule has 0 atom stereocenters. The van der Waals surface area contributed by atoms with Gasteiger partial charge in [0.15, 0.2) is 0 Å². The second-order valence-corrected chi connectivity index (χ2v) is 12.8. The van der Waals surface area contributed by atoms with Crippen molar-refractivity contribution in [1.82, 2.24) is 15.2 Å². The summed E-state index contributed by atoms with van der Waals surface area (Å²) in [5, 5.41) is 5.85. The van der Waals surface area contributed by atoms with E-state index in [1.54, 1.807) is 11.3 Å². The standard InChI is InChI=1S/C39H43N3O2S/c1-30(2)22-24-40-39(43)37-29-45-38(41-37)27-42(25-23-36(33-14-8-4-9-15-33)34-16-10-5-11-17-34)26-31-18-20-35(21-19-31)44-28-32-12-6-3-7-13-32/h3-21,29-30,36H,22-28H2,1-2H3,(H,40,43). The van der Waals surface area contributed by atoms with Gasteiger partial charge in [0.25, 0.3) is 5.91 Å². The first-order valence-corrected chi connectivity index (χ1v) is 16.7. The third kappa shape index (κ3) is 10.1. The van der Waals surface area contributed by atoms with Crippen LogP contribution in [0.25, 0.3) is 0 Å². The van der Waals surface area contributed by atoms with Gasteiger partial charge in [-0.25, -0.2) is 4.98 Å². The highest BCUT2D eigenvalue weighted by molar-refractivity contribution is 7.09. The van der Waals surface area contributed by atoms with Gasteiger partial charge in [0.2, 0.25) is 0 Å². The third-order valence-electron chi connectivity index (χ3n) is 7.87. The molecule has 0 saturated heterocycles. The topological polar surface area (TPSA) is 54.5 Å². The van der Waals surface area contributed by atoms with Crippen molar-refractivity contribution >= 4 is 17.2 Å². The largest absolute Gasteiger partial charge is 0.489 e. The summed E-state index contributed by atoms with van der Waals surface area (Å²) >= 11 is 1.56. The van der Waals surface area contributed by atoms with E-state index in [-0.39, 0.29) is 11.8 Å². The van der Waals surface area contributed by atoms with Crippen molar-refractivity contribution in [3.63, 3.8) is 0 Å². The van der Waals surface area contributed by atoms with Crippen molar-refractivity contribution in [1.29, 1.82) is 0 Å². The van der Waals surface area contributed by atoms with Crippen molar-refractivity contribution in [3.8, 4) is 5.75 Å². The van der Waals surface area contributed by atoms with E-state index >= 15 is 0 Å². The SMILES string of the molecule is CC(C)CCNC(=O)c1csc(CN(CCC(c2ccccc2)c2ccccc2)Cc2ccc(OCc3ccccc3)cc2)n1. The van der Waals surface area contributed by atoms with Gasteiger partial charge in [0.05, 0.1) is 6.54 Å². The number of thiazole rings is 1. The molecule has 1 aromatic heterocycles. The van der Waals surface area contributed by atoms with E-state index in [2.05, 4.69) is 121 Å². The summed E-state index contributed by atoms with van der Waals surface area (Å²) in [4.78, 5) is 19.9. The first-order valence-electron chi connectivity index (χ1n) is 15.8. The van der Waals surface area contributed by atoms with Crippen molar-refractivity contribution in [2.24, 2.45) is 5.92 Å². The summed E-state index contributed by atoms with van der Waals surface area (Å²) < 4.78 is 6.03. The van der Waals surface area contributed by atoms with E-state index in [4.69, 9.17) is 9.72 Å². The van der Waals surface area contributed by atoms with Gasteiger partial charge in [-0.1, -0.05) is 117 Å². The summed E-state index contributed by atoms with van der Waals surface area (Å²) in [6.45, 7) is 7.85. The van der Waals surface area contributed by atoms with E-state index in [9.17, 15) is 4.79 Å². The summed E-state index contributed by atoms with van der Waals surface area (Å²) in [6.07, 6.45) is 1.91. The number of ether oxygens (including phenoxy) is 1. The minimum Gasteiger partial charge on any atom is -0.489 e. The molecular weight excluding hydrogens is 575 g/mol. The molecule has 0 aliphatic heterocycles. The Morgan fingerprint density at radius 3 is 2.02 bits per heavy atom. The Morgan fingerprint density at radius 1 is 0.778 bits per heavy atom.